The van der Waals surface area contributed by atoms with Crippen LogP contribution in [0.5, 0.6) is 5.75 Å². The molecule has 120 valence electrons. The molecule has 6 heteroatoms. The summed E-state index contributed by atoms with van der Waals surface area (Å²) in [6, 6.07) is 4.83. The fourth-order valence-electron chi connectivity index (χ4n) is 1.94. The van der Waals surface area contributed by atoms with Gasteiger partial charge in [0.05, 0.1) is 6.54 Å². The highest BCUT2D eigenvalue weighted by Crippen LogP contribution is 2.43. The summed E-state index contributed by atoms with van der Waals surface area (Å²) >= 11 is 0. The van der Waals surface area contributed by atoms with Gasteiger partial charge in [0, 0.05) is 17.7 Å². The van der Waals surface area contributed by atoms with E-state index in [0.717, 1.165) is 17.4 Å². The molecule has 0 bridgehead atoms. The Morgan fingerprint density at radius 2 is 2.09 bits per heavy atom. The molecule has 1 aromatic rings. The monoisotopic (exact) mass is 306 g/mol. The van der Waals surface area contributed by atoms with E-state index in [1.165, 1.54) is 12.8 Å². The highest BCUT2D eigenvalue weighted by atomic mass is 16.5. The van der Waals surface area contributed by atoms with Crippen LogP contribution in [-0.2, 0) is 11.3 Å². The van der Waals surface area contributed by atoms with Crippen molar-refractivity contribution in [3.8, 4) is 5.75 Å². The normalized spacial score (nSPS) is 17.9. The Morgan fingerprint density at radius 3 is 2.64 bits per heavy atom. The summed E-state index contributed by atoms with van der Waals surface area (Å²) in [5.41, 5.74) is 3.46. The van der Waals surface area contributed by atoms with Gasteiger partial charge >= 0.3 is 0 Å². The molecule has 0 atom stereocenters. The van der Waals surface area contributed by atoms with E-state index in [4.69, 9.17) is 9.94 Å². The quantitative estimate of drug-likeness (QED) is 0.497. The van der Waals surface area contributed by atoms with Crippen LogP contribution in [0.1, 0.15) is 42.6 Å². The number of hydroxylamine groups is 1. The van der Waals surface area contributed by atoms with Crippen molar-refractivity contribution in [2.45, 2.75) is 33.2 Å². The molecule has 2 aliphatic rings. The van der Waals surface area contributed by atoms with Crippen molar-refractivity contribution in [1.82, 2.24) is 10.4 Å². The lowest BCUT2D eigenvalue weighted by atomic mass is 10.1. The molecule has 3 rings (SSSR count). The summed E-state index contributed by atoms with van der Waals surface area (Å²) in [4.78, 5) is 23.5. The van der Waals surface area contributed by atoms with Crippen LogP contribution in [0.4, 0.5) is 0 Å². The summed E-state index contributed by atoms with van der Waals surface area (Å²) in [6.45, 7) is 5.95. The Kier molecular flexibility index (Phi) is 5.03. The molecule has 1 saturated carbocycles. The van der Waals surface area contributed by atoms with Gasteiger partial charge in [-0.1, -0.05) is 19.9 Å². The van der Waals surface area contributed by atoms with Crippen molar-refractivity contribution in [3.63, 3.8) is 0 Å². The number of amides is 2. The molecule has 1 aromatic carbocycles. The van der Waals surface area contributed by atoms with Gasteiger partial charge in [-0.3, -0.25) is 14.8 Å². The first kappa shape index (κ1) is 16.3. The van der Waals surface area contributed by atoms with Crippen LogP contribution in [0.25, 0.3) is 0 Å². The Labute approximate surface area is 130 Å². The summed E-state index contributed by atoms with van der Waals surface area (Å²) in [7, 11) is 0. The molecule has 1 aliphatic heterocycles. The van der Waals surface area contributed by atoms with Gasteiger partial charge in [-0.2, -0.15) is 0 Å². The fraction of sp³-hybridized carbons (Fsp3) is 0.500. The van der Waals surface area contributed by atoms with Gasteiger partial charge in [-0.25, -0.2) is 5.48 Å². The third-order valence-corrected chi connectivity index (χ3v) is 3.84. The maximum absolute atomic E-state index is 11.2. The highest BCUT2D eigenvalue weighted by Gasteiger charge is 2.30. The molecule has 1 aliphatic carbocycles. The van der Waals surface area contributed by atoms with Crippen molar-refractivity contribution in [2.24, 2.45) is 5.41 Å². The van der Waals surface area contributed by atoms with Crippen molar-refractivity contribution in [3.05, 3.63) is 29.3 Å². The minimum absolute atomic E-state index is 0.311. The summed E-state index contributed by atoms with van der Waals surface area (Å²) in [5.74, 6) is -0.0247. The predicted molar refractivity (Wildman–Crippen MR) is 80.7 cm³/mol. The van der Waals surface area contributed by atoms with Gasteiger partial charge < -0.3 is 9.64 Å². The molecule has 0 radical (unpaired) electrons. The zero-order valence-electron chi connectivity index (χ0n) is 13.0. The Morgan fingerprint density at radius 1 is 1.41 bits per heavy atom. The van der Waals surface area contributed by atoms with Gasteiger partial charge in [-0.05, 0) is 30.4 Å². The van der Waals surface area contributed by atoms with Gasteiger partial charge in [0.15, 0.2) is 0 Å². The van der Waals surface area contributed by atoms with Gasteiger partial charge in [0.2, 0.25) is 6.41 Å². The molecule has 0 unspecified atom stereocenters. The molecule has 0 spiro atoms. The smallest absolute Gasteiger partial charge is 0.274 e. The summed E-state index contributed by atoms with van der Waals surface area (Å²) in [5, 5.41) is 8.53. The Hall–Kier alpha value is -2.08. The zero-order valence-corrected chi connectivity index (χ0v) is 13.0. The molecule has 6 nitrogen and oxygen atoms in total. The lowest BCUT2D eigenvalue weighted by molar-refractivity contribution is -0.118. The average molecular weight is 306 g/mol. The van der Waals surface area contributed by atoms with Crippen molar-refractivity contribution in [1.29, 1.82) is 0 Å². The number of fused-ring (bicyclic) bond motifs is 1. The van der Waals surface area contributed by atoms with E-state index in [2.05, 4.69) is 13.8 Å². The third kappa shape index (κ3) is 4.46. The number of hydrogen-bond donors (Lipinski definition) is 2. The lowest BCUT2D eigenvalue weighted by Crippen LogP contribution is -2.23. The van der Waals surface area contributed by atoms with Crippen molar-refractivity contribution >= 4 is 12.3 Å². The van der Waals surface area contributed by atoms with E-state index >= 15 is 0 Å². The van der Waals surface area contributed by atoms with E-state index in [1.807, 2.05) is 0 Å². The number of carbonyl (C=O) groups excluding carboxylic acids is 2. The SMILES string of the molecule is CC1(C)CC1.O=CN1CCOc2cc(C(=O)NO)ccc2C1. The van der Waals surface area contributed by atoms with Crippen LogP contribution in [-0.4, -0.2) is 35.6 Å². The summed E-state index contributed by atoms with van der Waals surface area (Å²) < 4.78 is 5.45. The van der Waals surface area contributed by atoms with Crippen LogP contribution in [0.3, 0.4) is 0 Å². The highest BCUT2D eigenvalue weighted by molar-refractivity contribution is 5.93. The fourth-order valence-corrected chi connectivity index (χ4v) is 1.94. The molecule has 2 amide bonds. The number of benzene rings is 1. The number of ether oxygens (including phenoxy) is 1. The molecular formula is C16H22N2O4. The first-order valence-corrected chi connectivity index (χ1v) is 7.35. The minimum Gasteiger partial charge on any atom is -0.491 e. The van der Waals surface area contributed by atoms with E-state index in [9.17, 15) is 9.59 Å². The van der Waals surface area contributed by atoms with Gasteiger partial charge in [-0.15, -0.1) is 0 Å². The lowest BCUT2D eigenvalue weighted by Gasteiger charge is -2.12. The maximum atomic E-state index is 11.2. The van der Waals surface area contributed by atoms with E-state index in [1.54, 1.807) is 28.6 Å². The second-order valence-corrected chi connectivity index (χ2v) is 6.35. The molecule has 1 fully saturated rings. The topological polar surface area (TPSA) is 78.9 Å². The van der Waals surface area contributed by atoms with Crippen molar-refractivity contribution in [2.75, 3.05) is 13.2 Å². The molecular weight excluding hydrogens is 284 g/mol. The van der Waals surface area contributed by atoms with Crippen LogP contribution < -0.4 is 10.2 Å². The summed E-state index contributed by atoms with van der Waals surface area (Å²) in [6.07, 6.45) is 3.67. The number of rotatable bonds is 2. The number of nitrogens with one attached hydrogen (secondary N) is 1. The van der Waals surface area contributed by atoms with E-state index in [-0.39, 0.29) is 0 Å². The van der Waals surface area contributed by atoms with E-state index in [0.29, 0.717) is 31.0 Å². The predicted octanol–water partition coefficient (Wildman–Crippen LogP) is 1.96. The van der Waals surface area contributed by atoms with Gasteiger partial charge in [0.1, 0.15) is 12.4 Å². The number of hydrogen-bond acceptors (Lipinski definition) is 4. The van der Waals surface area contributed by atoms with E-state index < -0.39 is 5.91 Å². The standard InChI is InChI=1S/C11H12N2O4.C5H10/c14-7-13-3-4-17-10-5-8(11(15)12-16)1-2-9(10)6-13;1-5(2)3-4-5/h1-2,5,7,16H,3-4,6H2,(H,12,15);3-4H2,1-2H3. The van der Waals surface area contributed by atoms with Crippen LogP contribution in [0.2, 0.25) is 0 Å². The maximum Gasteiger partial charge on any atom is 0.274 e. The molecule has 22 heavy (non-hydrogen) atoms. The molecule has 2 N–H and O–H groups in total. The second-order valence-electron chi connectivity index (χ2n) is 6.35. The first-order valence-electron chi connectivity index (χ1n) is 7.35. The zero-order chi connectivity index (χ0) is 16.2. The average Bonchev–Trinajstić information content (AvgIpc) is 3.26. The molecule has 0 saturated heterocycles. The molecule has 1 heterocycles. The van der Waals surface area contributed by atoms with Crippen LogP contribution in [0, 0.1) is 5.41 Å². The largest absolute Gasteiger partial charge is 0.491 e. The third-order valence-electron chi connectivity index (χ3n) is 3.84. The number of carbonyl (C=O) groups is 2. The van der Waals surface area contributed by atoms with Crippen molar-refractivity contribution < 1.29 is 19.5 Å². The molecule has 0 aromatic heterocycles. The second kappa shape index (κ2) is 6.79. The Bertz CT molecular complexity index is 551. The number of nitrogens with zero attached hydrogens (tertiary/aromatic N) is 1. The first-order chi connectivity index (χ1) is 10.4. The minimum atomic E-state index is -0.590. The van der Waals surface area contributed by atoms with Crippen LogP contribution in [0.15, 0.2) is 18.2 Å². The van der Waals surface area contributed by atoms with Gasteiger partial charge in [0.25, 0.3) is 5.91 Å². The Balaban J connectivity index is 0.000000299. The van der Waals surface area contributed by atoms with Crippen LogP contribution >= 0.6 is 0 Å².